The molecule has 1 aromatic carbocycles. The van der Waals surface area contributed by atoms with E-state index >= 15 is 0 Å². The van der Waals surface area contributed by atoms with Crippen LogP contribution in [0.3, 0.4) is 0 Å². The summed E-state index contributed by atoms with van der Waals surface area (Å²) in [6, 6.07) is 2.34. The first-order valence-corrected chi connectivity index (χ1v) is 8.06. The minimum absolute atomic E-state index is 0.184. The summed E-state index contributed by atoms with van der Waals surface area (Å²) in [4.78, 5) is 2.20. The largest absolute Gasteiger partial charge is 0.497 e. The molecule has 3 nitrogen and oxygen atoms in total. The molecule has 5 heteroatoms. The Bertz CT molecular complexity index is 467. The summed E-state index contributed by atoms with van der Waals surface area (Å²) in [5.74, 6) is -0.604. The Labute approximate surface area is 131 Å². The summed E-state index contributed by atoms with van der Waals surface area (Å²) in [7, 11) is 1.42. The number of ether oxygens (including phenoxy) is 1. The topological polar surface area (TPSA) is 24.5 Å². The van der Waals surface area contributed by atoms with Gasteiger partial charge in [0.05, 0.1) is 7.11 Å². The van der Waals surface area contributed by atoms with Crippen LogP contribution >= 0.6 is 0 Å². The monoisotopic (exact) mass is 312 g/mol. The third-order valence-electron chi connectivity index (χ3n) is 4.41. The molecule has 0 saturated carbocycles. The number of hydrogen-bond acceptors (Lipinski definition) is 3. The van der Waals surface area contributed by atoms with Crippen LogP contribution in [0.4, 0.5) is 8.78 Å². The van der Waals surface area contributed by atoms with Crippen molar-refractivity contribution in [3.05, 3.63) is 29.3 Å². The lowest BCUT2D eigenvalue weighted by Gasteiger charge is -2.39. The number of hydrogen-bond donors (Lipinski definition) is 1. The quantitative estimate of drug-likeness (QED) is 0.872. The summed E-state index contributed by atoms with van der Waals surface area (Å²) in [5, 5.41) is 3.29. The van der Waals surface area contributed by atoms with Crippen LogP contribution in [0, 0.1) is 17.6 Å². The van der Waals surface area contributed by atoms with E-state index in [1.54, 1.807) is 0 Å². The molecule has 1 fully saturated rings. The van der Waals surface area contributed by atoms with Crippen molar-refractivity contribution >= 4 is 0 Å². The molecule has 2 rings (SSSR count). The second kappa shape index (κ2) is 7.88. The van der Waals surface area contributed by atoms with Gasteiger partial charge >= 0.3 is 0 Å². The van der Waals surface area contributed by atoms with E-state index in [4.69, 9.17) is 4.74 Å². The van der Waals surface area contributed by atoms with E-state index in [0.717, 1.165) is 39.0 Å². The third kappa shape index (κ3) is 3.76. The molecule has 1 aromatic rings. The number of rotatable bonds is 6. The first-order chi connectivity index (χ1) is 10.6. The molecule has 0 radical (unpaired) electrons. The highest BCUT2D eigenvalue weighted by atomic mass is 19.1. The van der Waals surface area contributed by atoms with Crippen LogP contribution in [0.5, 0.6) is 5.75 Å². The fraction of sp³-hybridized carbons (Fsp3) is 0.647. The van der Waals surface area contributed by atoms with Gasteiger partial charge in [-0.05, 0) is 12.3 Å². The van der Waals surface area contributed by atoms with Crippen molar-refractivity contribution in [2.45, 2.75) is 32.7 Å². The van der Waals surface area contributed by atoms with Gasteiger partial charge in [-0.3, -0.25) is 4.90 Å². The maximum atomic E-state index is 14.5. The van der Waals surface area contributed by atoms with Crippen molar-refractivity contribution in [1.82, 2.24) is 10.2 Å². The van der Waals surface area contributed by atoms with Gasteiger partial charge in [0.25, 0.3) is 0 Å². The lowest BCUT2D eigenvalue weighted by molar-refractivity contribution is 0.119. The van der Waals surface area contributed by atoms with Crippen LogP contribution < -0.4 is 10.1 Å². The average Bonchev–Trinajstić information content (AvgIpc) is 2.51. The predicted molar refractivity (Wildman–Crippen MR) is 84.2 cm³/mol. The van der Waals surface area contributed by atoms with Crippen LogP contribution in [-0.4, -0.2) is 38.2 Å². The molecule has 0 aliphatic carbocycles. The van der Waals surface area contributed by atoms with Gasteiger partial charge in [-0.15, -0.1) is 0 Å². The zero-order valence-electron chi connectivity index (χ0n) is 13.7. The van der Waals surface area contributed by atoms with E-state index in [1.165, 1.54) is 19.2 Å². The molecule has 1 unspecified atom stereocenters. The molecule has 22 heavy (non-hydrogen) atoms. The van der Waals surface area contributed by atoms with Gasteiger partial charge in [0.2, 0.25) is 0 Å². The van der Waals surface area contributed by atoms with E-state index in [1.807, 2.05) is 0 Å². The van der Waals surface area contributed by atoms with E-state index in [-0.39, 0.29) is 23.3 Å². The van der Waals surface area contributed by atoms with Crippen molar-refractivity contribution in [3.63, 3.8) is 0 Å². The highest BCUT2D eigenvalue weighted by Crippen LogP contribution is 2.36. The third-order valence-corrected chi connectivity index (χ3v) is 4.41. The molecule has 1 aliphatic heterocycles. The Hall–Kier alpha value is -1.20. The fourth-order valence-corrected chi connectivity index (χ4v) is 3.36. The lowest BCUT2D eigenvalue weighted by Crippen LogP contribution is -2.47. The molecule has 124 valence electrons. The molecule has 1 heterocycles. The molecule has 2 atom stereocenters. The number of benzene rings is 1. The van der Waals surface area contributed by atoms with Crippen molar-refractivity contribution in [1.29, 1.82) is 0 Å². The fourth-order valence-electron chi connectivity index (χ4n) is 3.36. The van der Waals surface area contributed by atoms with Crippen LogP contribution in [-0.2, 0) is 0 Å². The van der Waals surface area contributed by atoms with Crippen molar-refractivity contribution < 1.29 is 13.5 Å². The second-order valence-corrected chi connectivity index (χ2v) is 6.00. The summed E-state index contributed by atoms with van der Waals surface area (Å²) in [6.07, 6.45) is 1.95. The van der Waals surface area contributed by atoms with Gasteiger partial charge in [0.15, 0.2) is 0 Å². The SMILES string of the molecule is CCCC(C)[C@@H](c1c(F)cc(OC)cc1F)N1CCNCC1. The smallest absolute Gasteiger partial charge is 0.134 e. The molecule has 0 aromatic heterocycles. The van der Waals surface area contributed by atoms with Crippen molar-refractivity contribution in [2.24, 2.45) is 5.92 Å². The van der Waals surface area contributed by atoms with Crippen molar-refractivity contribution in [2.75, 3.05) is 33.3 Å². The zero-order valence-corrected chi connectivity index (χ0v) is 13.7. The predicted octanol–water partition coefficient (Wildman–Crippen LogP) is 3.36. The standard InChI is InChI=1S/C17H26F2N2O/c1-4-5-12(2)17(21-8-6-20-7-9-21)16-14(18)10-13(22-3)11-15(16)19/h10-12,17,20H,4-9H2,1-3H3/t12?,17-/m0/s1. The summed E-state index contributed by atoms with van der Waals surface area (Å²) >= 11 is 0. The Morgan fingerprint density at radius 3 is 2.32 bits per heavy atom. The number of piperazine rings is 1. The normalized spacial score (nSPS) is 19.0. The Kier molecular flexibility index (Phi) is 6.15. The minimum Gasteiger partial charge on any atom is -0.497 e. The first kappa shape index (κ1) is 17.2. The second-order valence-electron chi connectivity index (χ2n) is 6.00. The van der Waals surface area contributed by atoms with Crippen LogP contribution in [0.25, 0.3) is 0 Å². The van der Waals surface area contributed by atoms with Gasteiger partial charge in [0, 0.05) is 49.9 Å². The summed E-state index contributed by atoms with van der Waals surface area (Å²) < 4.78 is 34.0. The van der Waals surface area contributed by atoms with E-state index < -0.39 is 11.6 Å². The maximum Gasteiger partial charge on any atom is 0.134 e. The van der Waals surface area contributed by atoms with Crippen LogP contribution in [0.15, 0.2) is 12.1 Å². The summed E-state index contributed by atoms with van der Waals surface area (Å²) in [6.45, 7) is 7.52. The first-order valence-electron chi connectivity index (χ1n) is 8.06. The summed E-state index contributed by atoms with van der Waals surface area (Å²) in [5.41, 5.74) is 0.184. The van der Waals surface area contributed by atoms with Gasteiger partial charge in [-0.2, -0.15) is 0 Å². The molecular formula is C17H26F2N2O. The van der Waals surface area contributed by atoms with E-state index in [9.17, 15) is 8.78 Å². The number of nitrogens with zero attached hydrogens (tertiary/aromatic N) is 1. The van der Waals surface area contributed by atoms with Gasteiger partial charge in [-0.25, -0.2) is 8.78 Å². The maximum absolute atomic E-state index is 14.5. The van der Waals surface area contributed by atoms with Crippen molar-refractivity contribution in [3.8, 4) is 5.75 Å². The van der Waals surface area contributed by atoms with Crippen LogP contribution in [0.2, 0.25) is 0 Å². The molecule has 0 amide bonds. The number of halogens is 2. The molecule has 0 spiro atoms. The molecule has 1 N–H and O–H groups in total. The highest BCUT2D eigenvalue weighted by Gasteiger charge is 2.31. The van der Waals surface area contributed by atoms with Gasteiger partial charge in [0.1, 0.15) is 17.4 Å². The molecule has 1 aliphatic rings. The Morgan fingerprint density at radius 2 is 1.82 bits per heavy atom. The van der Waals surface area contributed by atoms with E-state index in [0.29, 0.717) is 0 Å². The zero-order chi connectivity index (χ0) is 16.1. The lowest BCUT2D eigenvalue weighted by atomic mass is 9.88. The van der Waals surface area contributed by atoms with Crippen LogP contribution in [0.1, 0.15) is 38.3 Å². The Morgan fingerprint density at radius 1 is 1.23 bits per heavy atom. The average molecular weight is 312 g/mol. The van der Waals surface area contributed by atoms with Gasteiger partial charge < -0.3 is 10.1 Å². The number of methoxy groups -OCH3 is 1. The highest BCUT2D eigenvalue weighted by molar-refractivity contribution is 5.33. The van der Waals surface area contributed by atoms with E-state index in [2.05, 4.69) is 24.1 Å². The van der Waals surface area contributed by atoms with Gasteiger partial charge in [-0.1, -0.05) is 20.3 Å². The number of nitrogens with one attached hydrogen (secondary N) is 1. The minimum atomic E-state index is -0.511. The molecule has 0 bridgehead atoms. The Balaban J connectivity index is 2.39. The molecular weight excluding hydrogens is 286 g/mol. The molecule has 1 saturated heterocycles.